The van der Waals surface area contributed by atoms with Crippen LogP contribution < -0.4 is 4.74 Å². The molecular weight excluding hydrogens is 314 g/mol. The molecule has 7 heteroatoms. The molecule has 1 saturated heterocycles. The lowest BCUT2D eigenvalue weighted by Gasteiger charge is -2.37. The highest BCUT2D eigenvalue weighted by Crippen LogP contribution is 2.70. The maximum absolute atomic E-state index is 12.9. The van der Waals surface area contributed by atoms with E-state index in [1.54, 1.807) is 16.6 Å². The topological polar surface area (TPSA) is 72.4 Å². The molecule has 3 atom stereocenters. The number of nitrogens with zero attached hydrogens (tertiary/aromatic N) is 3. The van der Waals surface area contributed by atoms with Crippen LogP contribution in [0.15, 0.2) is 12.3 Å². The summed E-state index contributed by atoms with van der Waals surface area (Å²) in [5.74, 6) is 0.918. The number of methoxy groups -OCH3 is 1. The highest BCUT2D eigenvalue weighted by atomic mass is 32.2. The van der Waals surface area contributed by atoms with Crippen molar-refractivity contribution < 1.29 is 13.2 Å². The number of rotatable bonds is 3. The third-order valence-corrected chi connectivity index (χ3v) is 8.70. The fourth-order valence-corrected chi connectivity index (χ4v) is 7.84. The maximum atomic E-state index is 12.9. The molecule has 6 nitrogen and oxygen atoms in total. The van der Waals surface area contributed by atoms with Crippen LogP contribution >= 0.6 is 0 Å². The minimum Gasteiger partial charge on any atom is -0.467 e. The first-order valence-corrected chi connectivity index (χ1v) is 9.76. The van der Waals surface area contributed by atoms with Crippen LogP contribution in [0.1, 0.15) is 38.8 Å². The second-order valence-corrected chi connectivity index (χ2v) is 9.62. The SMILES string of the molecule is COc1nccc(CN2[C@@H]3C[C@H]4CC[C@]3(CS2(=O)=O)C4(C)C)n1. The number of hydrogen-bond acceptors (Lipinski definition) is 5. The number of aromatic nitrogens is 2. The van der Waals surface area contributed by atoms with Gasteiger partial charge in [-0.3, -0.25) is 0 Å². The fraction of sp³-hybridized carbons (Fsp3) is 0.750. The van der Waals surface area contributed by atoms with Gasteiger partial charge in [-0.25, -0.2) is 13.4 Å². The first kappa shape index (κ1) is 15.3. The van der Waals surface area contributed by atoms with E-state index in [1.165, 1.54) is 7.11 Å². The van der Waals surface area contributed by atoms with Crippen molar-refractivity contribution >= 4 is 10.0 Å². The minimum atomic E-state index is -3.25. The van der Waals surface area contributed by atoms with Crippen molar-refractivity contribution in [1.82, 2.24) is 14.3 Å². The van der Waals surface area contributed by atoms with Crippen molar-refractivity contribution in [1.29, 1.82) is 0 Å². The minimum absolute atomic E-state index is 0.0897. The average Bonchev–Trinajstić information content (AvgIpc) is 2.97. The highest BCUT2D eigenvalue weighted by Gasteiger charge is 2.71. The Morgan fingerprint density at radius 2 is 2.22 bits per heavy atom. The summed E-state index contributed by atoms with van der Waals surface area (Å²) in [6, 6.07) is 2.16. The molecule has 0 amide bonds. The van der Waals surface area contributed by atoms with Gasteiger partial charge in [-0.05, 0) is 36.7 Å². The lowest BCUT2D eigenvalue weighted by Crippen LogP contribution is -2.41. The van der Waals surface area contributed by atoms with E-state index in [-0.39, 0.29) is 28.6 Å². The van der Waals surface area contributed by atoms with Gasteiger partial charge in [0.05, 0.1) is 25.1 Å². The third kappa shape index (κ3) is 1.92. The number of fused-ring (bicyclic) bond motifs is 1. The Bertz CT molecular complexity index is 749. The molecule has 126 valence electrons. The Balaban J connectivity index is 1.69. The van der Waals surface area contributed by atoms with E-state index >= 15 is 0 Å². The van der Waals surface area contributed by atoms with Crippen LogP contribution in [-0.2, 0) is 16.6 Å². The van der Waals surface area contributed by atoms with Crippen LogP contribution in [-0.4, -0.2) is 41.6 Å². The van der Waals surface area contributed by atoms with Crippen LogP contribution in [0, 0.1) is 16.7 Å². The van der Waals surface area contributed by atoms with Crippen LogP contribution in [0.5, 0.6) is 6.01 Å². The summed E-state index contributed by atoms with van der Waals surface area (Å²) in [4.78, 5) is 8.29. The summed E-state index contributed by atoms with van der Waals surface area (Å²) in [6.45, 7) is 4.84. The standard InChI is InChI=1S/C16H23N3O3S/c1-15(2)11-4-6-16(15)10-23(20,21)19(13(16)8-11)9-12-5-7-17-14(18-12)22-3/h5,7,11,13H,4,6,8-10H2,1-3H3/t11-,13-,16-/m1/s1. The van der Waals surface area contributed by atoms with E-state index in [0.29, 0.717) is 18.2 Å². The van der Waals surface area contributed by atoms with Gasteiger partial charge in [-0.15, -0.1) is 0 Å². The molecule has 0 N–H and O–H groups in total. The zero-order chi connectivity index (χ0) is 16.5. The van der Waals surface area contributed by atoms with Crippen molar-refractivity contribution in [3.8, 4) is 6.01 Å². The summed E-state index contributed by atoms with van der Waals surface area (Å²) in [5, 5.41) is 0. The van der Waals surface area contributed by atoms with Gasteiger partial charge in [0.2, 0.25) is 10.0 Å². The molecule has 1 aromatic heterocycles. The molecule has 3 aliphatic rings. The normalized spacial score (nSPS) is 37.0. The summed E-state index contributed by atoms with van der Waals surface area (Å²) in [6.07, 6.45) is 4.78. The van der Waals surface area contributed by atoms with E-state index in [4.69, 9.17) is 4.74 Å². The van der Waals surface area contributed by atoms with E-state index in [1.807, 2.05) is 0 Å². The predicted molar refractivity (Wildman–Crippen MR) is 85.3 cm³/mol. The predicted octanol–water partition coefficient (Wildman–Crippen LogP) is 1.83. The summed E-state index contributed by atoms with van der Waals surface area (Å²) >= 11 is 0. The van der Waals surface area contributed by atoms with Gasteiger partial charge in [0, 0.05) is 17.7 Å². The Kier molecular flexibility index (Phi) is 3.11. The van der Waals surface area contributed by atoms with E-state index in [0.717, 1.165) is 19.3 Å². The molecule has 2 bridgehead atoms. The van der Waals surface area contributed by atoms with Gasteiger partial charge in [0.25, 0.3) is 0 Å². The second kappa shape index (κ2) is 4.66. The van der Waals surface area contributed by atoms with Gasteiger partial charge in [0.1, 0.15) is 0 Å². The van der Waals surface area contributed by atoms with Crippen molar-refractivity contribution in [2.45, 2.75) is 45.7 Å². The highest BCUT2D eigenvalue weighted by molar-refractivity contribution is 7.89. The molecular formula is C16H23N3O3S. The van der Waals surface area contributed by atoms with Crippen molar-refractivity contribution in [2.24, 2.45) is 16.7 Å². The number of ether oxygens (including phenoxy) is 1. The molecule has 0 aromatic carbocycles. The van der Waals surface area contributed by atoms with E-state index in [2.05, 4.69) is 23.8 Å². The number of sulfonamides is 1. The fourth-order valence-electron chi connectivity index (χ4n) is 5.31. The molecule has 2 saturated carbocycles. The van der Waals surface area contributed by atoms with Gasteiger partial charge in [0.15, 0.2) is 0 Å². The Morgan fingerprint density at radius 3 is 2.91 bits per heavy atom. The van der Waals surface area contributed by atoms with Gasteiger partial charge < -0.3 is 4.74 Å². The monoisotopic (exact) mass is 337 g/mol. The first-order valence-electron chi connectivity index (χ1n) is 8.16. The van der Waals surface area contributed by atoms with Crippen LogP contribution in [0.4, 0.5) is 0 Å². The largest absolute Gasteiger partial charge is 0.467 e. The molecule has 23 heavy (non-hydrogen) atoms. The quantitative estimate of drug-likeness (QED) is 0.841. The summed E-state index contributed by atoms with van der Waals surface area (Å²) in [5.41, 5.74) is 0.703. The summed E-state index contributed by atoms with van der Waals surface area (Å²) < 4.78 is 32.5. The Morgan fingerprint density at radius 1 is 1.43 bits per heavy atom. The maximum Gasteiger partial charge on any atom is 0.316 e. The average molecular weight is 337 g/mol. The zero-order valence-electron chi connectivity index (χ0n) is 13.8. The molecule has 2 aliphatic carbocycles. The van der Waals surface area contributed by atoms with E-state index in [9.17, 15) is 8.42 Å². The molecule has 2 heterocycles. The van der Waals surface area contributed by atoms with Crippen molar-refractivity contribution in [2.75, 3.05) is 12.9 Å². The Labute approximate surface area is 137 Å². The Hall–Kier alpha value is -1.21. The van der Waals surface area contributed by atoms with E-state index < -0.39 is 10.0 Å². The summed E-state index contributed by atoms with van der Waals surface area (Å²) in [7, 11) is -1.73. The van der Waals surface area contributed by atoms with Gasteiger partial charge >= 0.3 is 6.01 Å². The lowest BCUT2D eigenvalue weighted by atomic mass is 9.69. The molecule has 3 fully saturated rings. The van der Waals surface area contributed by atoms with Gasteiger partial charge in [-0.2, -0.15) is 9.29 Å². The second-order valence-electron chi connectivity index (χ2n) is 7.70. The number of hydrogen-bond donors (Lipinski definition) is 0. The molecule has 0 radical (unpaired) electrons. The molecule has 0 unspecified atom stereocenters. The van der Waals surface area contributed by atoms with Crippen LogP contribution in [0.25, 0.3) is 0 Å². The lowest BCUT2D eigenvalue weighted by molar-refractivity contribution is 0.111. The molecule has 1 spiro atoms. The first-order chi connectivity index (χ1) is 10.8. The molecule has 4 rings (SSSR count). The van der Waals surface area contributed by atoms with Crippen molar-refractivity contribution in [3.63, 3.8) is 0 Å². The van der Waals surface area contributed by atoms with Crippen LogP contribution in [0.2, 0.25) is 0 Å². The van der Waals surface area contributed by atoms with Crippen molar-refractivity contribution in [3.05, 3.63) is 18.0 Å². The molecule has 1 aliphatic heterocycles. The zero-order valence-corrected chi connectivity index (χ0v) is 14.6. The third-order valence-electron chi connectivity index (χ3n) is 6.72. The smallest absolute Gasteiger partial charge is 0.316 e. The van der Waals surface area contributed by atoms with Crippen LogP contribution in [0.3, 0.4) is 0 Å². The van der Waals surface area contributed by atoms with Gasteiger partial charge in [-0.1, -0.05) is 13.8 Å². The molecule has 1 aromatic rings.